The van der Waals surface area contributed by atoms with Crippen LogP contribution in [-0.2, 0) is 14.8 Å². The van der Waals surface area contributed by atoms with Crippen LogP contribution in [0.1, 0.15) is 33.3 Å². The highest BCUT2D eigenvalue weighted by Crippen LogP contribution is 2.24. The number of nitrogens with zero attached hydrogens (tertiary/aromatic N) is 1. The Morgan fingerprint density at radius 2 is 1.76 bits per heavy atom. The molecule has 0 spiro atoms. The summed E-state index contributed by atoms with van der Waals surface area (Å²) < 4.78 is 30.9. The van der Waals surface area contributed by atoms with Crippen molar-refractivity contribution in [1.82, 2.24) is 9.29 Å². The molecule has 29 heavy (non-hydrogen) atoms. The van der Waals surface area contributed by atoms with Gasteiger partial charge in [-0.25, -0.2) is 17.5 Å². The molecule has 3 rings (SSSR count). The minimum absolute atomic E-state index is 0.0246. The van der Waals surface area contributed by atoms with Gasteiger partial charge in [0.05, 0.1) is 10.5 Å². The number of sulfonamides is 1. The summed E-state index contributed by atoms with van der Waals surface area (Å²) in [7, 11) is -0.874. The fourth-order valence-electron chi connectivity index (χ4n) is 3.07. The van der Waals surface area contributed by atoms with E-state index in [4.69, 9.17) is 4.74 Å². The van der Waals surface area contributed by atoms with Crippen molar-refractivity contribution in [2.45, 2.75) is 24.8 Å². The molecule has 152 valence electrons. The minimum atomic E-state index is -3.69. The molecule has 0 saturated heterocycles. The first-order valence-corrected chi connectivity index (χ1v) is 10.4. The predicted molar refractivity (Wildman–Crippen MR) is 110 cm³/mol. The third kappa shape index (κ3) is 3.94. The van der Waals surface area contributed by atoms with E-state index in [0.29, 0.717) is 11.3 Å². The van der Waals surface area contributed by atoms with Gasteiger partial charge >= 0.3 is 5.97 Å². The highest BCUT2D eigenvalue weighted by molar-refractivity contribution is 7.89. The van der Waals surface area contributed by atoms with Gasteiger partial charge in [0.2, 0.25) is 15.8 Å². The highest BCUT2D eigenvalue weighted by Gasteiger charge is 2.26. The lowest BCUT2D eigenvalue weighted by Crippen LogP contribution is -2.25. The zero-order chi connectivity index (χ0) is 21.3. The Morgan fingerprint density at radius 3 is 2.45 bits per heavy atom. The predicted octanol–water partition coefficient (Wildman–Crippen LogP) is 3.15. The zero-order valence-corrected chi connectivity index (χ0v) is 17.4. The van der Waals surface area contributed by atoms with Crippen LogP contribution in [0.2, 0.25) is 0 Å². The van der Waals surface area contributed by atoms with E-state index in [1.54, 1.807) is 6.92 Å². The van der Waals surface area contributed by atoms with Crippen LogP contribution in [0.15, 0.2) is 53.4 Å². The first-order valence-electron chi connectivity index (χ1n) is 8.98. The van der Waals surface area contributed by atoms with Crippen LogP contribution in [0.3, 0.4) is 0 Å². The first-order chi connectivity index (χ1) is 13.6. The fourth-order valence-corrected chi connectivity index (χ4v) is 4.02. The number of fused-ring (bicyclic) bond motifs is 1. The third-order valence-corrected chi connectivity index (χ3v) is 6.45. The van der Waals surface area contributed by atoms with Crippen molar-refractivity contribution in [3.63, 3.8) is 0 Å². The Labute approximate surface area is 169 Å². The van der Waals surface area contributed by atoms with Crippen LogP contribution < -0.4 is 0 Å². The standard InChI is InChI=1S/C21H22N2O5S/c1-13-19(17-10-5-6-11-18(17)22-13)20(24)14(2)28-21(25)15-8-7-9-16(12-15)29(26,27)23(3)4/h5-12,14,22H,1-4H3. The Morgan fingerprint density at radius 1 is 1.07 bits per heavy atom. The molecule has 0 radical (unpaired) electrons. The number of benzene rings is 2. The largest absolute Gasteiger partial charge is 0.451 e. The number of esters is 1. The normalized spacial score (nSPS) is 12.9. The van der Waals surface area contributed by atoms with Crippen LogP contribution in [0, 0.1) is 6.92 Å². The summed E-state index contributed by atoms with van der Waals surface area (Å²) in [4.78, 5) is 28.6. The van der Waals surface area contributed by atoms with Gasteiger partial charge in [-0.1, -0.05) is 24.3 Å². The van der Waals surface area contributed by atoms with E-state index in [-0.39, 0.29) is 16.2 Å². The number of rotatable bonds is 6. The van der Waals surface area contributed by atoms with E-state index in [1.807, 2.05) is 24.3 Å². The van der Waals surface area contributed by atoms with Crippen molar-refractivity contribution in [3.05, 3.63) is 65.4 Å². The average molecular weight is 414 g/mol. The molecule has 0 aliphatic carbocycles. The number of aromatic nitrogens is 1. The van der Waals surface area contributed by atoms with E-state index >= 15 is 0 Å². The molecule has 0 amide bonds. The van der Waals surface area contributed by atoms with Gasteiger partial charge in [0.1, 0.15) is 0 Å². The lowest BCUT2D eigenvalue weighted by molar-refractivity contribution is 0.0319. The van der Waals surface area contributed by atoms with Gasteiger partial charge in [-0.2, -0.15) is 0 Å². The van der Waals surface area contributed by atoms with Gasteiger partial charge in [-0.3, -0.25) is 4.79 Å². The number of nitrogens with one attached hydrogen (secondary N) is 1. The third-order valence-electron chi connectivity index (χ3n) is 4.64. The molecular formula is C21H22N2O5S. The number of H-pyrrole nitrogens is 1. The maximum Gasteiger partial charge on any atom is 0.338 e. The van der Waals surface area contributed by atoms with Crippen molar-refractivity contribution in [3.8, 4) is 0 Å². The molecule has 0 fully saturated rings. The number of ketones is 1. The number of carbonyl (C=O) groups is 2. The maximum atomic E-state index is 12.9. The maximum absolute atomic E-state index is 12.9. The molecule has 1 aromatic heterocycles. The Kier molecular flexibility index (Phi) is 5.59. The smallest absolute Gasteiger partial charge is 0.338 e. The quantitative estimate of drug-likeness (QED) is 0.494. The van der Waals surface area contributed by atoms with E-state index in [0.717, 1.165) is 15.2 Å². The second kappa shape index (κ2) is 7.81. The molecule has 1 unspecified atom stereocenters. The summed E-state index contributed by atoms with van der Waals surface area (Å²) in [6.07, 6.45) is -1.03. The van der Waals surface area contributed by atoms with Gasteiger partial charge in [-0.05, 0) is 38.1 Å². The van der Waals surface area contributed by atoms with Crippen molar-refractivity contribution >= 4 is 32.7 Å². The molecule has 8 heteroatoms. The number of aryl methyl sites for hydroxylation is 1. The van der Waals surface area contributed by atoms with Crippen molar-refractivity contribution in [2.24, 2.45) is 0 Å². The van der Waals surface area contributed by atoms with E-state index in [2.05, 4.69) is 4.98 Å². The van der Waals surface area contributed by atoms with Gasteiger partial charge in [0.25, 0.3) is 0 Å². The SMILES string of the molecule is Cc1[nH]c2ccccc2c1C(=O)C(C)OC(=O)c1cccc(S(=O)(=O)N(C)C)c1. The van der Waals surface area contributed by atoms with Crippen molar-refractivity contribution in [1.29, 1.82) is 0 Å². The first kappa shape index (κ1) is 20.8. The number of hydrogen-bond acceptors (Lipinski definition) is 5. The highest BCUT2D eigenvalue weighted by atomic mass is 32.2. The van der Waals surface area contributed by atoms with Crippen molar-refractivity contribution < 1.29 is 22.7 Å². The number of hydrogen-bond donors (Lipinski definition) is 1. The fraction of sp³-hybridized carbons (Fsp3) is 0.238. The number of para-hydroxylation sites is 1. The number of ether oxygens (including phenoxy) is 1. The molecule has 2 aromatic carbocycles. The topological polar surface area (TPSA) is 96.5 Å². The van der Waals surface area contributed by atoms with E-state index in [1.165, 1.54) is 45.3 Å². The second-order valence-corrected chi connectivity index (χ2v) is 9.05. The Hall–Kier alpha value is -2.97. The Balaban J connectivity index is 1.84. The van der Waals surface area contributed by atoms with Gasteiger partial charge in [0, 0.05) is 36.3 Å². The number of carbonyl (C=O) groups excluding carboxylic acids is 2. The van der Waals surface area contributed by atoms with Crippen LogP contribution in [-0.4, -0.2) is 49.7 Å². The lowest BCUT2D eigenvalue weighted by Gasteiger charge is -2.14. The minimum Gasteiger partial charge on any atom is -0.451 e. The zero-order valence-electron chi connectivity index (χ0n) is 16.6. The number of aromatic amines is 1. The van der Waals surface area contributed by atoms with E-state index < -0.39 is 22.1 Å². The summed E-state index contributed by atoms with van der Waals surface area (Å²) >= 11 is 0. The monoisotopic (exact) mass is 414 g/mol. The van der Waals surface area contributed by atoms with Gasteiger partial charge < -0.3 is 9.72 Å². The molecule has 1 N–H and O–H groups in total. The molecule has 0 bridgehead atoms. The Bertz CT molecular complexity index is 1190. The molecule has 0 aliphatic rings. The summed E-state index contributed by atoms with van der Waals surface area (Å²) in [5, 5.41) is 0.761. The number of Topliss-reactive ketones (excluding diaryl/α,β-unsaturated/α-hetero) is 1. The average Bonchev–Trinajstić information content (AvgIpc) is 3.02. The summed E-state index contributed by atoms with van der Waals surface area (Å²) in [5.74, 6) is -1.09. The summed E-state index contributed by atoms with van der Waals surface area (Å²) in [5.41, 5.74) is 2.06. The van der Waals surface area contributed by atoms with Crippen LogP contribution in [0.4, 0.5) is 0 Å². The molecule has 0 aliphatic heterocycles. The summed E-state index contributed by atoms with van der Waals surface area (Å²) in [6.45, 7) is 3.29. The van der Waals surface area contributed by atoms with Crippen LogP contribution in [0.25, 0.3) is 10.9 Å². The summed E-state index contributed by atoms with van der Waals surface area (Å²) in [6, 6.07) is 12.9. The molecule has 7 nitrogen and oxygen atoms in total. The van der Waals surface area contributed by atoms with E-state index in [9.17, 15) is 18.0 Å². The van der Waals surface area contributed by atoms with Gasteiger partial charge in [0.15, 0.2) is 6.10 Å². The molecule has 1 heterocycles. The van der Waals surface area contributed by atoms with Crippen LogP contribution in [0.5, 0.6) is 0 Å². The lowest BCUT2D eigenvalue weighted by atomic mass is 10.0. The molecule has 3 aromatic rings. The molecular weight excluding hydrogens is 392 g/mol. The van der Waals surface area contributed by atoms with Crippen molar-refractivity contribution in [2.75, 3.05) is 14.1 Å². The van der Waals surface area contributed by atoms with Crippen LogP contribution >= 0.6 is 0 Å². The molecule has 1 atom stereocenters. The second-order valence-electron chi connectivity index (χ2n) is 6.90. The van der Waals surface area contributed by atoms with Gasteiger partial charge in [-0.15, -0.1) is 0 Å². The molecule has 0 saturated carbocycles.